The lowest BCUT2D eigenvalue weighted by Crippen LogP contribution is -2.48. The first-order valence-electron chi connectivity index (χ1n) is 9.64. The smallest absolute Gasteiger partial charge is 0.233 e. The largest absolute Gasteiger partial charge is 0.486 e. The highest BCUT2D eigenvalue weighted by Crippen LogP contribution is 2.25. The van der Waals surface area contributed by atoms with Crippen LogP contribution in [-0.4, -0.2) is 43.4 Å². The summed E-state index contributed by atoms with van der Waals surface area (Å²) >= 11 is 1.46. The van der Waals surface area contributed by atoms with E-state index in [0.29, 0.717) is 24.4 Å². The average molecular weight is 389 g/mol. The molecule has 0 spiro atoms. The maximum atomic E-state index is 12.7. The van der Waals surface area contributed by atoms with Crippen LogP contribution in [0.25, 0.3) is 0 Å². The second-order valence-electron chi connectivity index (χ2n) is 6.96. The van der Waals surface area contributed by atoms with Crippen LogP contribution in [0.4, 0.5) is 0 Å². The van der Waals surface area contributed by atoms with Crippen molar-refractivity contribution in [3.63, 3.8) is 0 Å². The lowest BCUT2D eigenvalue weighted by atomic mass is 9.98. The molecule has 2 aromatic rings. The van der Waals surface area contributed by atoms with Crippen LogP contribution in [0, 0.1) is 0 Å². The van der Waals surface area contributed by atoms with E-state index in [1.165, 1.54) is 18.2 Å². The first kappa shape index (κ1) is 19.7. The summed E-state index contributed by atoms with van der Waals surface area (Å²) in [6.07, 6.45) is 3.38. The minimum absolute atomic E-state index is 0.187. The molecule has 0 bridgehead atoms. The molecule has 1 amide bonds. The Morgan fingerprint density at radius 3 is 2.56 bits per heavy atom. The standard InChI is InChI=1S/C20H28N4O2S/c1-4-23-18(13-26-17-11-6-5-7-12-17)21-22-20(23)27-14-19(25)24-15(2)9-8-10-16(24)3/h5-7,11-12,15-16H,4,8-10,13-14H2,1-3H3/t15-,16-/m1/s1. The van der Waals surface area contributed by atoms with Crippen LogP contribution in [-0.2, 0) is 17.9 Å². The number of benzene rings is 1. The number of likely N-dealkylation sites (tertiary alicyclic amines) is 1. The third-order valence-corrected chi connectivity index (χ3v) is 5.98. The molecule has 2 heterocycles. The summed E-state index contributed by atoms with van der Waals surface area (Å²) in [5.74, 6) is 2.16. The van der Waals surface area contributed by atoms with Gasteiger partial charge in [-0.2, -0.15) is 0 Å². The number of rotatable bonds is 7. The van der Waals surface area contributed by atoms with Crippen LogP contribution in [0.15, 0.2) is 35.5 Å². The van der Waals surface area contributed by atoms with Crippen molar-refractivity contribution in [2.75, 3.05) is 5.75 Å². The molecule has 1 aromatic carbocycles. The van der Waals surface area contributed by atoms with E-state index >= 15 is 0 Å². The Labute approximate surface area is 165 Å². The normalized spacial score (nSPS) is 19.9. The van der Waals surface area contributed by atoms with Gasteiger partial charge in [-0.1, -0.05) is 30.0 Å². The highest BCUT2D eigenvalue weighted by molar-refractivity contribution is 7.99. The van der Waals surface area contributed by atoms with Gasteiger partial charge < -0.3 is 14.2 Å². The van der Waals surface area contributed by atoms with Gasteiger partial charge in [-0.3, -0.25) is 4.79 Å². The molecule has 1 aliphatic rings. The van der Waals surface area contributed by atoms with Crippen molar-refractivity contribution in [1.82, 2.24) is 19.7 Å². The van der Waals surface area contributed by atoms with Crippen LogP contribution < -0.4 is 4.74 Å². The van der Waals surface area contributed by atoms with Crippen molar-refractivity contribution in [3.8, 4) is 5.75 Å². The van der Waals surface area contributed by atoms with E-state index in [2.05, 4.69) is 31.0 Å². The molecule has 6 nitrogen and oxygen atoms in total. The van der Waals surface area contributed by atoms with Gasteiger partial charge in [-0.05, 0) is 52.2 Å². The van der Waals surface area contributed by atoms with Crippen molar-refractivity contribution in [2.45, 2.75) is 70.4 Å². The quantitative estimate of drug-likeness (QED) is 0.676. The molecule has 0 radical (unpaired) electrons. The summed E-state index contributed by atoms with van der Waals surface area (Å²) in [5.41, 5.74) is 0. The summed E-state index contributed by atoms with van der Waals surface area (Å²) < 4.78 is 7.81. The number of para-hydroxylation sites is 1. The second-order valence-corrected chi connectivity index (χ2v) is 7.91. The van der Waals surface area contributed by atoms with Gasteiger partial charge in [0.05, 0.1) is 5.75 Å². The fraction of sp³-hybridized carbons (Fsp3) is 0.550. The number of nitrogens with zero attached hydrogens (tertiary/aromatic N) is 4. The highest BCUT2D eigenvalue weighted by Gasteiger charge is 2.29. The van der Waals surface area contributed by atoms with Gasteiger partial charge in [-0.25, -0.2) is 0 Å². The second kappa shape index (κ2) is 9.26. The number of hydrogen-bond donors (Lipinski definition) is 0. The minimum Gasteiger partial charge on any atom is -0.486 e. The number of carbonyl (C=O) groups is 1. The summed E-state index contributed by atoms with van der Waals surface area (Å²) in [4.78, 5) is 14.8. The molecule has 0 unspecified atom stereocenters. The number of hydrogen-bond acceptors (Lipinski definition) is 5. The Bertz CT molecular complexity index is 740. The summed E-state index contributed by atoms with van der Waals surface area (Å²) in [6.45, 7) is 7.45. The SMILES string of the molecule is CCn1c(COc2ccccc2)nnc1SCC(=O)N1[C@H](C)CCC[C@H]1C. The van der Waals surface area contributed by atoms with E-state index in [0.717, 1.165) is 36.1 Å². The fourth-order valence-corrected chi connectivity index (χ4v) is 4.52. The Morgan fingerprint density at radius 1 is 1.19 bits per heavy atom. The van der Waals surface area contributed by atoms with E-state index in [1.807, 2.05) is 39.8 Å². The molecule has 1 aromatic heterocycles. The number of aromatic nitrogens is 3. The first-order chi connectivity index (χ1) is 13.1. The fourth-order valence-electron chi connectivity index (χ4n) is 3.63. The monoisotopic (exact) mass is 388 g/mol. The number of carbonyl (C=O) groups excluding carboxylic acids is 1. The Morgan fingerprint density at radius 2 is 1.89 bits per heavy atom. The molecule has 7 heteroatoms. The van der Waals surface area contributed by atoms with E-state index in [4.69, 9.17) is 4.74 Å². The van der Waals surface area contributed by atoms with Crippen LogP contribution in [0.1, 0.15) is 45.9 Å². The van der Waals surface area contributed by atoms with Gasteiger partial charge in [0, 0.05) is 18.6 Å². The maximum Gasteiger partial charge on any atom is 0.233 e. The average Bonchev–Trinajstić information content (AvgIpc) is 3.07. The number of amides is 1. The van der Waals surface area contributed by atoms with Crippen molar-refractivity contribution < 1.29 is 9.53 Å². The molecule has 2 atom stereocenters. The number of thioether (sulfide) groups is 1. The summed E-state index contributed by atoms with van der Waals surface area (Å²) in [6, 6.07) is 10.3. The number of piperidine rings is 1. The first-order valence-corrected chi connectivity index (χ1v) is 10.6. The van der Waals surface area contributed by atoms with Gasteiger partial charge in [0.2, 0.25) is 5.91 Å². The molecule has 0 N–H and O–H groups in total. The summed E-state index contributed by atoms with van der Waals surface area (Å²) in [7, 11) is 0. The lowest BCUT2D eigenvalue weighted by molar-refractivity contribution is -0.134. The van der Waals surface area contributed by atoms with Gasteiger partial charge in [0.25, 0.3) is 0 Å². The lowest BCUT2D eigenvalue weighted by Gasteiger charge is -2.39. The molecule has 27 heavy (non-hydrogen) atoms. The molecule has 146 valence electrons. The Kier molecular flexibility index (Phi) is 6.77. The van der Waals surface area contributed by atoms with Crippen LogP contribution in [0.5, 0.6) is 5.75 Å². The van der Waals surface area contributed by atoms with Gasteiger partial charge in [0.15, 0.2) is 11.0 Å². The predicted octanol–water partition coefficient (Wildman–Crippen LogP) is 3.76. The molecule has 3 rings (SSSR count). The van der Waals surface area contributed by atoms with E-state index < -0.39 is 0 Å². The summed E-state index contributed by atoms with van der Waals surface area (Å²) in [5, 5.41) is 9.32. The maximum absolute atomic E-state index is 12.7. The zero-order valence-electron chi connectivity index (χ0n) is 16.3. The Hall–Kier alpha value is -2.02. The van der Waals surface area contributed by atoms with Crippen LogP contribution in [0.3, 0.4) is 0 Å². The molecule has 1 saturated heterocycles. The molecular formula is C20H28N4O2S. The molecule has 0 saturated carbocycles. The zero-order chi connectivity index (χ0) is 19.2. The highest BCUT2D eigenvalue weighted by atomic mass is 32.2. The minimum atomic E-state index is 0.187. The number of ether oxygens (including phenoxy) is 1. The topological polar surface area (TPSA) is 60.2 Å². The zero-order valence-corrected chi connectivity index (χ0v) is 17.1. The van der Waals surface area contributed by atoms with Crippen LogP contribution in [0.2, 0.25) is 0 Å². The van der Waals surface area contributed by atoms with E-state index in [9.17, 15) is 4.79 Å². The van der Waals surface area contributed by atoms with Crippen molar-refractivity contribution in [3.05, 3.63) is 36.2 Å². The van der Waals surface area contributed by atoms with Gasteiger partial charge in [0.1, 0.15) is 12.4 Å². The van der Waals surface area contributed by atoms with Crippen molar-refractivity contribution in [1.29, 1.82) is 0 Å². The predicted molar refractivity (Wildman–Crippen MR) is 107 cm³/mol. The Balaban J connectivity index is 1.60. The van der Waals surface area contributed by atoms with Crippen LogP contribution >= 0.6 is 11.8 Å². The third kappa shape index (κ3) is 4.83. The molecule has 1 aliphatic heterocycles. The molecular weight excluding hydrogens is 360 g/mol. The molecule has 0 aliphatic carbocycles. The molecule has 1 fully saturated rings. The van der Waals surface area contributed by atoms with Gasteiger partial charge >= 0.3 is 0 Å². The third-order valence-electron chi connectivity index (χ3n) is 5.03. The van der Waals surface area contributed by atoms with Crippen molar-refractivity contribution in [2.24, 2.45) is 0 Å². The van der Waals surface area contributed by atoms with Crippen molar-refractivity contribution >= 4 is 17.7 Å². The van der Waals surface area contributed by atoms with Gasteiger partial charge in [-0.15, -0.1) is 10.2 Å². The van der Waals surface area contributed by atoms with E-state index in [-0.39, 0.29) is 5.91 Å². The van der Waals surface area contributed by atoms with E-state index in [1.54, 1.807) is 0 Å².